The number of aromatic nitrogens is 4. The molecule has 5 rings (SSSR count). The number of hydrogen-bond donors (Lipinski definition) is 2. The Kier molecular flexibility index (Phi) is 7.36. The number of piperidine rings is 1. The molecule has 1 unspecified atom stereocenters. The number of benzene rings is 1. The van der Waals surface area contributed by atoms with Crippen molar-refractivity contribution in [2.45, 2.75) is 32.0 Å². The lowest BCUT2D eigenvalue weighted by Gasteiger charge is -2.23. The van der Waals surface area contributed by atoms with Gasteiger partial charge in [-0.2, -0.15) is 5.10 Å². The number of hydrogen-bond acceptors (Lipinski definition) is 6. The van der Waals surface area contributed by atoms with Crippen LogP contribution in [0.15, 0.2) is 48.9 Å². The summed E-state index contributed by atoms with van der Waals surface area (Å²) in [6.07, 6.45) is 7.47. The summed E-state index contributed by atoms with van der Waals surface area (Å²) in [4.78, 5) is 8.26. The van der Waals surface area contributed by atoms with E-state index in [0.717, 1.165) is 25.9 Å². The fourth-order valence-corrected chi connectivity index (χ4v) is 4.82. The molecule has 4 aromatic rings. The highest BCUT2D eigenvalue weighted by atomic mass is 35.5. The van der Waals surface area contributed by atoms with Gasteiger partial charge in [0.1, 0.15) is 23.8 Å². The van der Waals surface area contributed by atoms with Crippen LogP contribution in [0.2, 0.25) is 10.0 Å². The molecule has 3 aromatic heterocycles. The first-order valence-electron chi connectivity index (χ1n) is 11.6. The Labute approximate surface area is 217 Å². The van der Waals surface area contributed by atoms with Gasteiger partial charge in [-0.15, -0.1) is 0 Å². The summed E-state index contributed by atoms with van der Waals surface area (Å²) < 4.78 is 27.1. The first kappa shape index (κ1) is 24.5. The Hall–Kier alpha value is -3.20. The minimum absolute atomic E-state index is 0.131. The molecule has 2 N–H and O–H groups in total. The molecule has 1 aromatic carbocycles. The van der Waals surface area contributed by atoms with Crippen LogP contribution in [0.25, 0.3) is 22.8 Å². The number of aromatic amines is 1. The monoisotopic (exact) mass is 527 g/mol. The van der Waals surface area contributed by atoms with Crippen LogP contribution in [0.1, 0.15) is 42.7 Å². The summed E-state index contributed by atoms with van der Waals surface area (Å²) in [6, 6.07) is 8.74. The lowest BCUT2D eigenvalue weighted by molar-refractivity contribution is 0.156. The standard InChI is InChI=1S/C26H24Cl2FN5O2/c1-15(26-20(27)13-31-14-21(26)28)35-18-3-4-23-19(10-18)24(34-33-23)11-22(29)16-2-5-25(32-12-16)36-17-6-8-30-9-7-17/h2-5,10-15,17,30H,6-9H2,1H3,(H,33,34)/b22-11-. The Morgan fingerprint density at radius 3 is 2.61 bits per heavy atom. The molecule has 1 atom stereocenters. The normalized spacial score (nSPS) is 15.7. The van der Waals surface area contributed by atoms with E-state index < -0.39 is 11.9 Å². The van der Waals surface area contributed by atoms with Gasteiger partial charge in [0.15, 0.2) is 0 Å². The molecule has 0 bridgehead atoms. The molecule has 1 fully saturated rings. The van der Waals surface area contributed by atoms with Gasteiger partial charge in [-0.25, -0.2) is 9.37 Å². The van der Waals surface area contributed by atoms with E-state index in [1.165, 1.54) is 24.7 Å². The van der Waals surface area contributed by atoms with Crippen molar-refractivity contribution in [1.82, 2.24) is 25.5 Å². The molecule has 10 heteroatoms. The van der Waals surface area contributed by atoms with Gasteiger partial charge in [0.25, 0.3) is 0 Å². The van der Waals surface area contributed by atoms with Gasteiger partial charge >= 0.3 is 0 Å². The highest BCUT2D eigenvalue weighted by Gasteiger charge is 2.17. The van der Waals surface area contributed by atoms with Crippen molar-refractivity contribution >= 4 is 46.0 Å². The number of rotatable bonds is 7. The molecule has 186 valence electrons. The highest BCUT2D eigenvalue weighted by molar-refractivity contribution is 6.35. The Balaban J connectivity index is 1.33. The number of pyridine rings is 2. The van der Waals surface area contributed by atoms with Crippen molar-refractivity contribution in [1.29, 1.82) is 0 Å². The van der Waals surface area contributed by atoms with Gasteiger partial charge < -0.3 is 14.8 Å². The van der Waals surface area contributed by atoms with Crippen molar-refractivity contribution in [3.05, 3.63) is 75.8 Å². The summed E-state index contributed by atoms with van der Waals surface area (Å²) in [7, 11) is 0. The maximum atomic E-state index is 15.1. The molecule has 1 aliphatic heterocycles. The highest BCUT2D eigenvalue weighted by Crippen LogP contribution is 2.34. The van der Waals surface area contributed by atoms with Crippen molar-refractivity contribution in [3.63, 3.8) is 0 Å². The lowest BCUT2D eigenvalue weighted by Crippen LogP contribution is -2.34. The van der Waals surface area contributed by atoms with Crippen LogP contribution >= 0.6 is 23.2 Å². The van der Waals surface area contributed by atoms with E-state index in [0.29, 0.717) is 49.4 Å². The third-order valence-electron chi connectivity index (χ3n) is 6.02. The maximum Gasteiger partial charge on any atom is 0.213 e. The second-order valence-corrected chi connectivity index (χ2v) is 9.35. The van der Waals surface area contributed by atoms with Crippen LogP contribution in [-0.4, -0.2) is 39.4 Å². The molecule has 4 heterocycles. The van der Waals surface area contributed by atoms with E-state index in [1.54, 1.807) is 30.3 Å². The van der Waals surface area contributed by atoms with Crippen molar-refractivity contribution in [2.75, 3.05) is 13.1 Å². The smallest absolute Gasteiger partial charge is 0.213 e. The van der Waals surface area contributed by atoms with Crippen LogP contribution < -0.4 is 14.8 Å². The fourth-order valence-electron chi connectivity index (χ4n) is 4.15. The summed E-state index contributed by atoms with van der Waals surface area (Å²) in [6.45, 7) is 3.70. The molecule has 1 aliphatic rings. The van der Waals surface area contributed by atoms with E-state index in [9.17, 15) is 0 Å². The van der Waals surface area contributed by atoms with E-state index in [2.05, 4.69) is 25.5 Å². The number of fused-ring (bicyclic) bond motifs is 1. The average molecular weight is 528 g/mol. The molecule has 1 saturated heterocycles. The van der Waals surface area contributed by atoms with Gasteiger partial charge in [0.2, 0.25) is 5.88 Å². The van der Waals surface area contributed by atoms with Gasteiger partial charge in [0.05, 0.1) is 21.3 Å². The lowest BCUT2D eigenvalue weighted by atomic mass is 10.1. The van der Waals surface area contributed by atoms with E-state index >= 15 is 4.39 Å². The second-order valence-electron chi connectivity index (χ2n) is 8.54. The summed E-state index contributed by atoms with van der Waals surface area (Å²) in [5, 5.41) is 12.0. The molecule has 0 saturated carbocycles. The molecular formula is C26H24Cl2FN5O2. The van der Waals surface area contributed by atoms with Crippen molar-refractivity contribution < 1.29 is 13.9 Å². The van der Waals surface area contributed by atoms with Gasteiger partial charge in [0, 0.05) is 47.2 Å². The van der Waals surface area contributed by atoms with E-state index in [1.807, 2.05) is 6.92 Å². The molecule has 36 heavy (non-hydrogen) atoms. The predicted octanol–water partition coefficient (Wildman–Crippen LogP) is 6.40. The van der Waals surface area contributed by atoms with Gasteiger partial charge in [-0.05, 0) is 57.1 Å². The largest absolute Gasteiger partial charge is 0.486 e. The minimum atomic E-state index is -0.448. The quantitative estimate of drug-likeness (QED) is 0.289. The number of nitrogens with one attached hydrogen (secondary N) is 2. The molecule has 0 spiro atoms. The summed E-state index contributed by atoms with van der Waals surface area (Å²) in [5.74, 6) is 0.615. The first-order chi connectivity index (χ1) is 17.5. The topological polar surface area (TPSA) is 85.0 Å². The number of halogens is 3. The SMILES string of the molecule is CC(Oc1ccc2n[nH]c(/C=C(\F)c3ccc(OC4CCNCC4)nc3)c2c1)c1c(Cl)cncc1Cl. The van der Waals surface area contributed by atoms with E-state index in [4.69, 9.17) is 32.7 Å². The number of H-pyrrole nitrogens is 1. The number of ether oxygens (including phenoxy) is 2. The molecule has 7 nitrogen and oxygen atoms in total. The van der Waals surface area contributed by atoms with Crippen LogP contribution in [0.4, 0.5) is 4.39 Å². The predicted molar refractivity (Wildman–Crippen MR) is 139 cm³/mol. The zero-order chi connectivity index (χ0) is 25.1. The zero-order valence-corrected chi connectivity index (χ0v) is 21.0. The van der Waals surface area contributed by atoms with Crippen LogP contribution in [0, 0.1) is 0 Å². The van der Waals surface area contributed by atoms with Crippen LogP contribution in [0.3, 0.4) is 0 Å². The third-order valence-corrected chi connectivity index (χ3v) is 6.62. The van der Waals surface area contributed by atoms with Crippen molar-refractivity contribution in [2.24, 2.45) is 0 Å². The molecule has 0 amide bonds. The minimum Gasteiger partial charge on any atom is -0.486 e. The van der Waals surface area contributed by atoms with Gasteiger partial charge in [-0.1, -0.05) is 23.2 Å². The molecule has 0 aliphatic carbocycles. The Bertz CT molecular complexity index is 1370. The maximum absolute atomic E-state index is 15.1. The third kappa shape index (κ3) is 5.46. The van der Waals surface area contributed by atoms with Gasteiger partial charge in [-0.3, -0.25) is 10.1 Å². The summed E-state index contributed by atoms with van der Waals surface area (Å²) >= 11 is 12.5. The zero-order valence-electron chi connectivity index (χ0n) is 19.5. The van der Waals surface area contributed by atoms with Crippen molar-refractivity contribution in [3.8, 4) is 11.6 Å². The average Bonchev–Trinajstić information content (AvgIpc) is 3.27. The van der Waals surface area contributed by atoms with Crippen LogP contribution in [-0.2, 0) is 0 Å². The Morgan fingerprint density at radius 1 is 1.11 bits per heavy atom. The first-order valence-corrected chi connectivity index (χ1v) is 12.4. The summed E-state index contributed by atoms with van der Waals surface area (Å²) in [5.41, 5.74) is 2.18. The number of nitrogens with zero attached hydrogens (tertiary/aromatic N) is 3. The molecular weight excluding hydrogens is 504 g/mol. The van der Waals surface area contributed by atoms with Crippen LogP contribution in [0.5, 0.6) is 11.6 Å². The fraction of sp³-hybridized carbons (Fsp3) is 0.269. The Morgan fingerprint density at radius 2 is 1.89 bits per heavy atom. The van der Waals surface area contributed by atoms with E-state index in [-0.39, 0.29) is 6.10 Å². The molecule has 0 radical (unpaired) electrons. The second kappa shape index (κ2) is 10.8.